The molecule has 0 saturated heterocycles. The van der Waals surface area contributed by atoms with Gasteiger partial charge in [0.2, 0.25) is 0 Å². The first-order valence-corrected chi connectivity index (χ1v) is 9.65. The number of carboxylic acid groups (broad SMARTS) is 1. The molecule has 0 bridgehead atoms. The molecule has 0 unspecified atom stereocenters. The number of fused-ring (bicyclic) bond motifs is 1. The molecule has 5 nitrogen and oxygen atoms in total. The van der Waals surface area contributed by atoms with Crippen molar-refractivity contribution in [3.05, 3.63) is 76.1 Å². The van der Waals surface area contributed by atoms with E-state index >= 15 is 0 Å². The number of aryl methyl sites for hydroxylation is 2. The van der Waals surface area contributed by atoms with E-state index in [0.29, 0.717) is 27.2 Å². The molecule has 2 heterocycles. The zero-order valence-corrected chi connectivity index (χ0v) is 16.4. The van der Waals surface area contributed by atoms with Crippen LogP contribution in [0.2, 0.25) is 0 Å². The second-order valence-corrected chi connectivity index (χ2v) is 7.56. The fraction of sp³-hybridized carbons (Fsp3) is 0.0909. The molecule has 0 aliphatic heterocycles. The Balaban J connectivity index is 1.73. The number of anilines is 1. The van der Waals surface area contributed by atoms with Crippen molar-refractivity contribution in [2.45, 2.75) is 13.8 Å². The normalized spacial score (nSPS) is 11.0. The Morgan fingerprint density at radius 2 is 1.86 bits per heavy atom. The number of carboxylic acids is 1. The molecule has 0 radical (unpaired) electrons. The Hall–Kier alpha value is -3.45. The molecular weight excluding hydrogens is 393 g/mol. The van der Waals surface area contributed by atoms with Gasteiger partial charge >= 0.3 is 5.97 Å². The molecule has 0 atom stereocenters. The van der Waals surface area contributed by atoms with Gasteiger partial charge in [0.15, 0.2) is 5.76 Å². The van der Waals surface area contributed by atoms with Gasteiger partial charge in [-0.25, -0.2) is 9.18 Å². The summed E-state index contributed by atoms with van der Waals surface area (Å²) in [5, 5.41) is 14.7. The number of carbonyl (C=O) groups is 2. The van der Waals surface area contributed by atoms with Crippen LogP contribution in [-0.4, -0.2) is 17.0 Å². The van der Waals surface area contributed by atoms with Crippen LogP contribution in [-0.2, 0) is 0 Å². The fourth-order valence-electron chi connectivity index (χ4n) is 3.16. The molecule has 2 aromatic heterocycles. The van der Waals surface area contributed by atoms with E-state index in [4.69, 9.17) is 4.42 Å². The van der Waals surface area contributed by atoms with E-state index in [0.717, 1.165) is 5.39 Å². The summed E-state index contributed by atoms with van der Waals surface area (Å²) in [4.78, 5) is 25.0. The highest BCUT2D eigenvalue weighted by Crippen LogP contribution is 2.38. The number of rotatable bonds is 4. The molecule has 29 heavy (non-hydrogen) atoms. The Morgan fingerprint density at radius 3 is 2.59 bits per heavy atom. The van der Waals surface area contributed by atoms with Crippen molar-refractivity contribution in [3.63, 3.8) is 0 Å². The quantitative estimate of drug-likeness (QED) is 0.442. The Morgan fingerprint density at radius 1 is 1.10 bits per heavy atom. The van der Waals surface area contributed by atoms with E-state index in [1.807, 2.05) is 12.1 Å². The van der Waals surface area contributed by atoms with Crippen molar-refractivity contribution in [2.75, 3.05) is 5.32 Å². The Kier molecular flexibility index (Phi) is 4.68. The van der Waals surface area contributed by atoms with Crippen molar-refractivity contribution in [1.82, 2.24) is 0 Å². The smallest absolute Gasteiger partial charge is 0.339 e. The third-order valence-electron chi connectivity index (χ3n) is 4.65. The monoisotopic (exact) mass is 409 g/mol. The topological polar surface area (TPSA) is 79.5 Å². The summed E-state index contributed by atoms with van der Waals surface area (Å²) < 4.78 is 19.4. The summed E-state index contributed by atoms with van der Waals surface area (Å²) in [6.45, 7) is 3.34. The molecule has 4 aromatic rings. The van der Waals surface area contributed by atoms with Crippen LogP contribution in [0.1, 0.15) is 32.0 Å². The van der Waals surface area contributed by atoms with Crippen LogP contribution in [0.15, 0.2) is 52.3 Å². The third kappa shape index (κ3) is 3.40. The molecule has 0 fully saturated rings. The number of carbonyl (C=O) groups excluding carboxylic acids is 1. The maximum absolute atomic E-state index is 13.8. The Labute approximate surface area is 169 Å². The number of nitrogens with one attached hydrogen (secondary N) is 1. The van der Waals surface area contributed by atoms with Gasteiger partial charge in [0, 0.05) is 10.8 Å². The van der Waals surface area contributed by atoms with Gasteiger partial charge in [0.1, 0.15) is 17.0 Å². The third-order valence-corrected chi connectivity index (χ3v) is 5.67. The summed E-state index contributed by atoms with van der Waals surface area (Å²) in [6.07, 6.45) is 0. The molecular formula is C22H16FNO4S. The highest BCUT2D eigenvalue weighted by molar-refractivity contribution is 7.14. The van der Waals surface area contributed by atoms with Gasteiger partial charge in [-0.05, 0) is 54.8 Å². The van der Waals surface area contributed by atoms with Gasteiger partial charge in [-0.15, -0.1) is 11.3 Å². The van der Waals surface area contributed by atoms with Crippen LogP contribution in [0.4, 0.5) is 10.1 Å². The van der Waals surface area contributed by atoms with Crippen LogP contribution in [0.5, 0.6) is 0 Å². The molecule has 1 amide bonds. The van der Waals surface area contributed by atoms with Crippen molar-refractivity contribution < 1.29 is 23.5 Å². The number of aromatic carboxylic acids is 1. The van der Waals surface area contributed by atoms with Crippen LogP contribution in [0, 0.1) is 19.7 Å². The number of para-hydroxylation sites is 1. The van der Waals surface area contributed by atoms with Gasteiger partial charge in [-0.1, -0.05) is 18.2 Å². The van der Waals surface area contributed by atoms with Gasteiger partial charge in [-0.2, -0.15) is 0 Å². The summed E-state index contributed by atoms with van der Waals surface area (Å²) >= 11 is 1.18. The number of amides is 1. The van der Waals surface area contributed by atoms with Crippen LogP contribution < -0.4 is 5.32 Å². The molecule has 0 aliphatic rings. The van der Waals surface area contributed by atoms with Crippen LogP contribution >= 0.6 is 11.3 Å². The first-order chi connectivity index (χ1) is 13.8. The predicted molar refractivity (Wildman–Crippen MR) is 110 cm³/mol. The maximum Gasteiger partial charge on any atom is 0.339 e. The second-order valence-electron chi connectivity index (χ2n) is 6.68. The first-order valence-electron chi connectivity index (χ1n) is 8.77. The number of hydrogen-bond donors (Lipinski definition) is 2. The minimum atomic E-state index is -1.18. The van der Waals surface area contributed by atoms with E-state index < -0.39 is 11.9 Å². The molecule has 2 N–H and O–H groups in total. The molecule has 0 aliphatic carbocycles. The summed E-state index contributed by atoms with van der Waals surface area (Å²) in [5.74, 6) is -1.98. The number of hydrogen-bond acceptors (Lipinski definition) is 4. The van der Waals surface area contributed by atoms with Gasteiger partial charge in [-0.3, -0.25) is 4.79 Å². The molecule has 146 valence electrons. The van der Waals surface area contributed by atoms with E-state index in [9.17, 15) is 19.1 Å². The minimum absolute atomic E-state index is 0.0337. The van der Waals surface area contributed by atoms with Crippen LogP contribution in [0.3, 0.4) is 0 Å². The molecule has 0 saturated carbocycles. The highest BCUT2D eigenvalue weighted by atomic mass is 32.1. The highest BCUT2D eigenvalue weighted by Gasteiger charge is 2.24. The van der Waals surface area contributed by atoms with Crippen molar-refractivity contribution in [3.8, 4) is 10.4 Å². The van der Waals surface area contributed by atoms with E-state index in [1.54, 1.807) is 43.5 Å². The zero-order chi connectivity index (χ0) is 20.7. The second kappa shape index (κ2) is 7.18. The van der Waals surface area contributed by atoms with E-state index in [1.165, 1.54) is 17.4 Å². The summed E-state index contributed by atoms with van der Waals surface area (Å²) in [5.41, 5.74) is 2.36. The minimum Gasteiger partial charge on any atom is -0.478 e. The summed E-state index contributed by atoms with van der Waals surface area (Å²) in [6, 6.07) is 11.8. The zero-order valence-electron chi connectivity index (χ0n) is 15.6. The van der Waals surface area contributed by atoms with E-state index in [2.05, 4.69) is 5.32 Å². The first kappa shape index (κ1) is 18.9. The molecule has 4 rings (SSSR count). The van der Waals surface area contributed by atoms with Gasteiger partial charge in [0.25, 0.3) is 5.91 Å². The lowest BCUT2D eigenvalue weighted by Crippen LogP contribution is -2.13. The lowest BCUT2D eigenvalue weighted by Gasteiger charge is -2.09. The number of benzene rings is 2. The molecule has 2 aromatic carbocycles. The van der Waals surface area contributed by atoms with Gasteiger partial charge < -0.3 is 14.8 Å². The SMILES string of the molecule is Cc1cc(-c2scc(NC(=O)c3cc4ccccc4o3)c2C(=O)O)c(C)cc1F. The lowest BCUT2D eigenvalue weighted by molar-refractivity contribution is 0.0699. The largest absolute Gasteiger partial charge is 0.478 e. The summed E-state index contributed by atoms with van der Waals surface area (Å²) in [7, 11) is 0. The number of thiophene rings is 1. The molecule has 0 spiro atoms. The predicted octanol–water partition coefficient (Wildman–Crippen LogP) is 5.87. The maximum atomic E-state index is 13.8. The van der Waals surface area contributed by atoms with Crippen molar-refractivity contribution >= 4 is 39.9 Å². The molecule has 7 heteroatoms. The average Bonchev–Trinajstić information content (AvgIpc) is 3.28. The van der Waals surface area contributed by atoms with Gasteiger partial charge in [0.05, 0.1) is 10.6 Å². The number of furan rings is 1. The standard InChI is InChI=1S/C22H16FNO4S/c1-11-8-15(23)12(2)7-14(11)20-19(22(26)27)16(10-29-20)24-21(25)18-9-13-5-3-4-6-17(13)28-18/h3-10H,1-2H3,(H,24,25)(H,26,27). The fourth-order valence-corrected chi connectivity index (χ4v) is 4.24. The Bertz CT molecular complexity index is 1240. The number of halogens is 1. The average molecular weight is 409 g/mol. The van der Waals surface area contributed by atoms with Crippen molar-refractivity contribution in [2.24, 2.45) is 0 Å². The van der Waals surface area contributed by atoms with Crippen molar-refractivity contribution in [1.29, 1.82) is 0 Å². The lowest BCUT2D eigenvalue weighted by atomic mass is 10.0. The van der Waals surface area contributed by atoms with Crippen LogP contribution in [0.25, 0.3) is 21.4 Å². The van der Waals surface area contributed by atoms with E-state index in [-0.39, 0.29) is 22.8 Å².